The van der Waals surface area contributed by atoms with Gasteiger partial charge in [0.2, 0.25) is 5.82 Å². The number of fused-ring (bicyclic) bond motifs is 1. The predicted octanol–water partition coefficient (Wildman–Crippen LogP) is 4.14. The van der Waals surface area contributed by atoms with Gasteiger partial charge in [-0.05, 0) is 30.3 Å². The van der Waals surface area contributed by atoms with Gasteiger partial charge in [0.25, 0.3) is 5.91 Å². The Bertz CT molecular complexity index is 1470. The Morgan fingerprint density at radius 3 is 2.26 bits per heavy atom. The quantitative estimate of drug-likeness (QED) is 0.395. The molecule has 1 amide bonds. The molecule has 11 heteroatoms. The van der Waals surface area contributed by atoms with E-state index in [9.17, 15) is 23.1 Å². The molecule has 202 valence electrons. The van der Waals surface area contributed by atoms with Crippen molar-refractivity contribution in [3.8, 4) is 28.3 Å². The summed E-state index contributed by atoms with van der Waals surface area (Å²) in [4.78, 5) is 30.3. The van der Waals surface area contributed by atoms with E-state index in [1.807, 2.05) is 4.90 Å². The molecule has 1 N–H and O–H groups in total. The molecule has 2 aromatic heterocycles. The Hall–Kier alpha value is -4.09. The van der Waals surface area contributed by atoms with Gasteiger partial charge in [0.15, 0.2) is 5.65 Å². The third-order valence-corrected chi connectivity index (χ3v) is 6.67. The summed E-state index contributed by atoms with van der Waals surface area (Å²) in [5.41, 5.74) is -0.247. The number of hydrogen-bond acceptors (Lipinski definition) is 7. The molecule has 39 heavy (non-hydrogen) atoms. The van der Waals surface area contributed by atoms with Gasteiger partial charge < -0.3 is 14.7 Å². The van der Waals surface area contributed by atoms with Crippen LogP contribution in [0.15, 0.2) is 60.7 Å². The second-order valence-corrected chi connectivity index (χ2v) is 9.10. The minimum atomic E-state index is -4.73. The Kier molecular flexibility index (Phi) is 7.45. The molecule has 0 saturated carbocycles. The van der Waals surface area contributed by atoms with Gasteiger partial charge in [0.05, 0.1) is 36.1 Å². The number of β-amino-alcohol motifs (C(OH)–C–C–N with tert-alkyl or cyclic N) is 1. The van der Waals surface area contributed by atoms with Crippen molar-refractivity contribution >= 4 is 16.9 Å². The number of alkyl halides is 3. The first-order valence-electron chi connectivity index (χ1n) is 12.4. The highest BCUT2D eigenvalue weighted by Crippen LogP contribution is 2.40. The topological polar surface area (TPSA) is 91.7 Å². The average Bonchev–Trinajstić information content (AvgIpc) is 2.96. The summed E-state index contributed by atoms with van der Waals surface area (Å²) in [5, 5.41) is 8.91. The number of aliphatic hydroxyl groups is 1. The molecule has 4 aromatic rings. The van der Waals surface area contributed by atoms with E-state index in [4.69, 9.17) is 4.74 Å². The van der Waals surface area contributed by atoms with Crippen LogP contribution in [-0.2, 0) is 6.18 Å². The van der Waals surface area contributed by atoms with Gasteiger partial charge in [-0.25, -0.2) is 15.0 Å². The number of aliphatic hydroxyl groups excluding tert-OH is 1. The van der Waals surface area contributed by atoms with Gasteiger partial charge >= 0.3 is 6.18 Å². The normalized spacial score (nSPS) is 14.5. The predicted molar refractivity (Wildman–Crippen MR) is 139 cm³/mol. The molecule has 0 aliphatic carbocycles. The molecular weight excluding hydrogens is 511 g/mol. The smallest absolute Gasteiger partial charge is 0.417 e. The molecular formula is C28H26F3N5O3. The number of piperazine rings is 1. The lowest BCUT2D eigenvalue weighted by atomic mass is 10.0. The van der Waals surface area contributed by atoms with Crippen LogP contribution in [0.1, 0.15) is 16.2 Å². The highest BCUT2D eigenvalue weighted by molar-refractivity contribution is 5.99. The Morgan fingerprint density at radius 1 is 0.949 bits per heavy atom. The summed E-state index contributed by atoms with van der Waals surface area (Å²) in [6.07, 6.45) is -4.73. The van der Waals surface area contributed by atoms with Crippen molar-refractivity contribution in [3.05, 3.63) is 72.1 Å². The number of methoxy groups -OCH3 is 1. The molecule has 2 aromatic carbocycles. The molecule has 1 aliphatic rings. The average molecular weight is 538 g/mol. The summed E-state index contributed by atoms with van der Waals surface area (Å²) in [7, 11) is 1.49. The molecule has 5 rings (SSSR count). The van der Waals surface area contributed by atoms with E-state index in [1.165, 1.54) is 7.11 Å². The van der Waals surface area contributed by atoms with Crippen LogP contribution in [0.2, 0.25) is 0 Å². The number of amides is 1. The van der Waals surface area contributed by atoms with Crippen molar-refractivity contribution in [1.82, 2.24) is 24.8 Å². The zero-order chi connectivity index (χ0) is 27.6. The molecule has 8 nitrogen and oxygen atoms in total. The van der Waals surface area contributed by atoms with Crippen LogP contribution in [0.4, 0.5) is 13.2 Å². The fourth-order valence-corrected chi connectivity index (χ4v) is 4.62. The molecule has 3 heterocycles. The van der Waals surface area contributed by atoms with Crippen molar-refractivity contribution in [1.29, 1.82) is 0 Å². The lowest BCUT2D eigenvalue weighted by Gasteiger charge is -2.34. The van der Waals surface area contributed by atoms with Crippen LogP contribution in [0.3, 0.4) is 0 Å². The van der Waals surface area contributed by atoms with E-state index >= 15 is 0 Å². The van der Waals surface area contributed by atoms with E-state index in [-0.39, 0.29) is 34.9 Å². The lowest BCUT2D eigenvalue weighted by Crippen LogP contribution is -2.49. The Labute approximate surface area is 222 Å². The van der Waals surface area contributed by atoms with E-state index < -0.39 is 17.6 Å². The van der Waals surface area contributed by atoms with Gasteiger partial charge in [-0.1, -0.05) is 30.3 Å². The molecule has 1 fully saturated rings. The van der Waals surface area contributed by atoms with Crippen LogP contribution in [0.5, 0.6) is 5.75 Å². The Morgan fingerprint density at radius 2 is 1.64 bits per heavy atom. The fourth-order valence-electron chi connectivity index (χ4n) is 4.62. The van der Waals surface area contributed by atoms with Gasteiger partial charge in [-0.2, -0.15) is 13.2 Å². The number of ether oxygens (including phenoxy) is 1. The zero-order valence-corrected chi connectivity index (χ0v) is 21.1. The number of carbonyl (C=O) groups is 1. The van der Waals surface area contributed by atoms with Gasteiger partial charge in [-0.3, -0.25) is 9.69 Å². The number of halogens is 3. The number of benzene rings is 2. The van der Waals surface area contributed by atoms with Crippen LogP contribution in [0.25, 0.3) is 33.5 Å². The molecule has 0 atom stereocenters. The van der Waals surface area contributed by atoms with E-state index in [0.717, 1.165) is 6.07 Å². The molecule has 0 spiro atoms. The SMILES string of the molecule is COc1ccc(-c2nc(C(=O)N3CCN(CCO)CC3)nc3nc(-c4ccccc4)cc(C(F)(F)F)c23)cc1. The zero-order valence-electron chi connectivity index (χ0n) is 21.1. The van der Waals surface area contributed by atoms with Gasteiger partial charge in [-0.15, -0.1) is 0 Å². The summed E-state index contributed by atoms with van der Waals surface area (Å²) in [6, 6.07) is 15.9. The first-order chi connectivity index (χ1) is 18.8. The lowest BCUT2D eigenvalue weighted by molar-refractivity contribution is -0.136. The van der Waals surface area contributed by atoms with Gasteiger partial charge in [0.1, 0.15) is 5.75 Å². The maximum atomic E-state index is 14.5. The van der Waals surface area contributed by atoms with Crippen molar-refractivity contribution in [2.24, 2.45) is 0 Å². The molecule has 0 unspecified atom stereocenters. The second kappa shape index (κ2) is 11.0. The molecule has 0 bridgehead atoms. The third-order valence-electron chi connectivity index (χ3n) is 6.67. The van der Waals surface area contributed by atoms with E-state index in [1.54, 1.807) is 59.5 Å². The van der Waals surface area contributed by atoms with Crippen molar-refractivity contribution < 1.29 is 27.8 Å². The summed E-state index contributed by atoms with van der Waals surface area (Å²) in [6.45, 7) is 2.39. The monoisotopic (exact) mass is 537 g/mol. The minimum Gasteiger partial charge on any atom is -0.497 e. The number of aromatic nitrogens is 3. The fraction of sp³-hybridized carbons (Fsp3) is 0.286. The minimum absolute atomic E-state index is 0.0178. The Balaban J connectivity index is 1.69. The van der Waals surface area contributed by atoms with Crippen molar-refractivity contribution in [2.45, 2.75) is 6.18 Å². The highest BCUT2D eigenvalue weighted by Gasteiger charge is 2.36. The highest BCUT2D eigenvalue weighted by atomic mass is 19.4. The molecule has 1 aliphatic heterocycles. The third kappa shape index (κ3) is 5.55. The molecule has 0 radical (unpaired) electrons. The maximum Gasteiger partial charge on any atom is 0.417 e. The maximum absolute atomic E-state index is 14.5. The van der Waals surface area contributed by atoms with Crippen LogP contribution >= 0.6 is 0 Å². The number of nitrogens with zero attached hydrogens (tertiary/aromatic N) is 5. The first kappa shape index (κ1) is 26.5. The largest absolute Gasteiger partial charge is 0.497 e. The number of hydrogen-bond donors (Lipinski definition) is 1. The standard InChI is InChI=1S/C28H26F3N5O3/c1-39-20-9-7-19(8-10-20)24-23-21(28(29,30)31)17-22(18-5-3-2-4-6-18)32-25(23)34-26(33-24)27(38)36-13-11-35(12-14-36)15-16-37/h2-10,17,37H,11-16H2,1H3. The molecule has 1 saturated heterocycles. The summed E-state index contributed by atoms with van der Waals surface area (Å²) >= 11 is 0. The first-order valence-corrected chi connectivity index (χ1v) is 12.4. The van der Waals surface area contributed by atoms with E-state index in [2.05, 4.69) is 15.0 Å². The van der Waals surface area contributed by atoms with Crippen LogP contribution < -0.4 is 4.74 Å². The van der Waals surface area contributed by atoms with Crippen molar-refractivity contribution in [3.63, 3.8) is 0 Å². The number of pyridine rings is 1. The van der Waals surface area contributed by atoms with Crippen molar-refractivity contribution in [2.75, 3.05) is 46.4 Å². The number of rotatable bonds is 6. The summed E-state index contributed by atoms with van der Waals surface area (Å²) < 4.78 is 48.6. The van der Waals surface area contributed by atoms with Crippen LogP contribution in [0, 0.1) is 0 Å². The van der Waals surface area contributed by atoms with Crippen LogP contribution in [-0.4, -0.2) is 82.2 Å². The van der Waals surface area contributed by atoms with Gasteiger partial charge in [0, 0.05) is 43.9 Å². The number of carbonyl (C=O) groups excluding carboxylic acids is 1. The summed E-state index contributed by atoms with van der Waals surface area (Å²) in [5.74, 6) is -0.194. The van der Waals surface area contributed by atoms with E-state index in [0.29, 0.717) is 49.6 Å². The second-order valence-electron chi connectivity index (χ2n) is 9.10.